The Morgan fingerprint density at radius 3 is 2.95 bits per heavy atom. The maximum absolute atomic E-state index is 11.8. The molecule has 0 amide bonds. The van der Waals surface area contributed by atoms with E-state index >= 15 is 0 Å². The molecule has 1 aromatic rings. The van der Waals surface area contributed by atoms with Crippen LogP contribution < -0.4 is 11.2 Å². The third-order valence-corrected chi connectivity index (χ3v) is 3.15. The summed E-state index contributed by atoms with van der Waals surface area (Å²) < 4.78 is 6.54. The topological polar surface area (TPSA) is 153 Å². The lowest BCUT2D eigenvalue weighted by atomic mass is 10.1. The Hall–Kier alpha value is -2.13. The standard InChI is InChI=1S/C10H13N5O5/c11-14-12-5-10(3-6(17)7(4-16)20-10)15-2-1-8(18)13-9(15)19/h1-2,6-7,16-17H,3-5H2,(H,13,18,19)/t6-,7+,10-/m0/s1. The number of azide groups is 1. The summed E-state index contributed by atoms with van der Waals surface area (Å²) in [4.78, 5) is 27.6. The summed E-state index contributed by atoms with van der Waals surface area (Å²) in [5.74, 6) is 0. The zero-order valence-electron chi connectivity index (χ0n) is 10.3. The quantitative estimate of drug-likeness (QED) is 0.354. The Balaban J connectivity index is 2.50. The van der Waals surface area contributed by atoms with Crippen molar-refractivity contribution in [2.24, 2.45) is 5.11 Å². The van der Waals surface area contributed by atoms with Gasteiger partial charge in [0.15, 0.2) is 5.72 Å². The summed E-state index contributed by atoms with van der Waals surface area (Å²) in [5.41, 5.74) is 5.67. The predicted molar refractivity (Wildman–Crippen MR) is 65.9 cm³/mol. The van der Waals surface area contributed by atoms with Gasteiger partial charge in [-0.25, -0.2) is 4.79 Å². The van der Waals surface area contributed by atoms with Crippen LogP contribution in [0.25, 0.3) is 10.4 Å². The molecule has 0 unspecified atom stereocenters. The van der Waals surface area contributed by atoms with Crippen molar-refractivity contribution in [3.8, 4) is 0 Å². The van der Waals surface area contributed by atoms with Crippen molar-refractivity contribution >= 4 is 0 Å². The molecule has 2 heterocycles. The maximum atomic E-state index is 11.8. The van der Waals surface area contributed by atoms with Crippen LogP contribution >= 0.6 is 0 Å². The number of hydrogen-bond acceptors (Lipinski definition) is 6. The highest BCUT2D eigenvalue weighted by molar-refractivity contribution is 4.97. The molecule has 1 saturated heterocycles. The number of nitrogens with one attached hydrogen (secondary N) is 1. The van der Waals surface area contributed by atoms with Crippen molar-refractivity contribution in [2.75, 3.05) is 13.2 Å². The first-order chi connectivity index (χ1) is 9.52. The molecule has 10 heteroatoms. The number of aliphatic hydroxyl groups is 2. The van der Waals surface area contributed by atoms with Crippen LogP contribution in [0.3, 0.4) is 0 Å². The molecule has 3 atom stereocenters. The van der Waals surface area contributed by atoms with E-state index < -0.39 is 35.8 Å². The summed E-state index contributed by atoms with van der Waals surface area (Å²) in [6.07, 6.45) is -0.778. The van der Waals surface area contributed by atoms with Gasteiger partial charge in [-0.05, 0) is 5.53 Å². The lowest BCUT2D eigenvalue weighted by Gasteiger charge is -2.29. The Kier molecular flexibility index (Phi) is 3.91. The Morgan fingerprint density at radius 2 is 2.40 bits per heavy atom. The lowest BCUT2D eigenvalue weighted by molar-refractivity contribution is -0.113. The fourth-order valence-corrected chi connectivity index (χ4v) is 2.24. The van der Waals surface area contributed by atoms with Crippen LogP contribution in [-0.4, -0.2) is 45.1 Å². The van der Waals surface area contributed by atoms with Gasteiger partial charge in [0.1, 0.15) is 6.10 Å². The average Bonchev–Trinajstić information content (AvgIpc) is 2.73. The predicted octanol–water partition coefficient (Wildman–Crippen LogP) is -1.36. The van der Waals surface area contributed by atoms with Gasteiger partial charge in [-0.1, -0.05) is 5.11 Å². The zero-order chi connectivity index (χ0) is 14.8. The largest absolute Gasteiger partial charge is 0.394 e. The molecule has 3 N–H and O–H groups in total. The molecule has 2 rings (SSSR count). The van der Waals surface area contributed by atoms with Gasteiger partial charge in [0.25, 0.3) is 5.56 Å². The normalized spacial score (nSPS) is 29.1. The van der Waals surface area contributed by atoms with Crippen LogP contribution in [0.4, 0.5) is 0 Å². The Bertz CT molecular complexity index is 648. The van der Waals surface area contributed by atoms with Crippen LogP contribution in [0, 0.1) is 0 Å². The van der Waals surface area contributed by atoms with E-state index in [0.717, 1.165) is 10.6 Å². The van der Waals surface area contributed by atoms with E-state index in [0.29, 0.717) is 0 Å². The first-order valence-corrected chi connectivity index (χ1v) is 5.82. The van der Waals surface area contributed by atoms with Crippen LogP contribution in [0.15, 0.2) is 27.0 Å². The van der Waals surface area contributed by atoms with Crippen molar-refractivity contribution < 1.29 is 14.9 Å². The van der Waals surface area contributed by atoms with Gasteiger partial charge in [-0.3, -0.25) is 14.3 Å². The second-order valence-corrected chi connectivity index (χ2v) is 4.43. The SMILES string of the molecule is [N-]=[N+]=NC[C@]1(n2ccc(=O)[nH]c2=O)C[C@H](O)[C@@H](CO)O1. The second kappa shape index (κ2) is 5.47. The molecule has 0 aromatic carbocycles. The van der Waals surface area contributed by atoms with E-state index in [4.69, 9.17) is 15.4 Å². The minimum Gasteiger partial charge on any atom is -0.394 e. The van der Waals surface area contributed by atoms with Crippen molar-refractivity contribution in [1.29, 1.82) is 0 Å². The summed E-state index contributed by atoms with van der Waals surface area (Å²) in [6.45, 7) is -0.708. The minimum absolute atomic E-state index is 0.0524. The number of ether oxygens (including phenoxy) is 1. The van der Waals surface area contributed by atoms with E-state index in [9.17, 15) is 14.7 Å². The first kappa shape index (κ1) is 14.3. The van der Waals surface area contributed by atoms with Gasteiger partial charge in [0, 0.05) is 23.6 Å². The van der Waals surface area contributed by atoms with Gasteiger partial charge in [-0.15, -0.1) is 0 Å². The molecule has 1 fully saturated rings. The fourth-order valence-electron chi connectivity index (χ4n) is 2.24. The number of aromatic amines is 1. The van der Waals surface area contributed by atoms with Crippen molar-refractivity contribution in [2.45, 2.75) is 24.4 Å². The molecule has 1 aliphatic rings. The number of aromatic nitrogens is 2. The van der Waals surface area contributed by atoms with Crippen LogP contribution in [0.1, 0.15) is 6.42 Å². The molecule has 0 bridgehead atoms. The third-order valence-electron chi connectivity index (χ3n) is 3.15. The van der Waals surface area contributed by atoms with Crippen molar-refractivity contribution in [3.63, 3.8) is 0 Å². The van der Waals surface area contributed by atoms with Crippen LogP contribution in [0.2, 0.25) is 0 Å². The summed E-state index contributed by atoms with van der Waals surface area (Å²) >= 11 is 0. The smallest absolute Gasteiger partial charge is 0.330 e. The first-order valence-electron chi connectivity index (χ1n) is 5.82. The number of rotatable bonds is 4. The van der Waals surface area contributed by atoms with E-state index in [1.165, 1.54) is 6.20 Å². The zero-order valence-corrected chi connectivity index (χ0v) is 10.3. The highest BCUT2D eigenvalue weighted by atomic mass is 16.6. The van der Waals surface area contributed by atoms with Gasteiger partial charge in [0.05, 0.1) is 19.3 Å². The molecule has 1 aromatic heterocycles. The minimum atomic E-state index is -1.43. The van der Waals surface area contributed by atoms with Crippen LogP contribution in [-0.2, 0) is 10.5 Å². The number of aliphatic hydroxyl groups excluding tert-OH is 2. The van der Waals surface area contributed by atoms with Gasteiger partial charge in [0.2, 0.25) is 0 Å². The van der Waals surface area contributed by atoms with Gasteiger partial charge in [-0.2, -0.15) is 0 Å². The number of H-pyrrole nitrogens is 1. The molecule has 108 valence electrons. The number of nitrogens with zero attached hydrogens (tertiary/aromatic N) is 4. The van der Waals surface area contributed by atoms with Crippen molar-refractivity contribution in [1.82, 2.24) is 9.55 Å². The van der Waals surface area contributed by atoms with Gasteiger partial charge < -0.3 is 14.9 Å². The molecule has 10 nitrogen and oxygen atoms in total. The molecule has 0 saturated carbocycles. The molecule has 0 spiro atoms. The summed E-state index contributed by atoms with van der Waals surface area (Å²) in [5, 5.41) is 22.3. The fraction of sp³-hybridized carbons (Fsp3) is 0.600. The molecule has 20 heavy (non-hydrogen) atoms. The monoisotopic (exact) mass is 283 g/mol. The average molecular weight is 283 g/mol. The maximum Gasteiger partial charge on any atom is 0.330 e. The highest BCUT2D eigenvalue weighted by Crippen LogP contribution is 2.34. The van der Waals surface area contributed by atoms with E-state index in [1.54, 1.807) is 0 Å². The van der Waals surface area contributed by atoms with E-state index in [-0.39, 0.29) is 13.0 Å². The molecule has 0 aliphatic carbocycles. The molecule has 0 radical (unpaired) electrons. The van der Waals surface area contributed by atoms with Crippen LogP contribution in [0.5, 0.6) is 0 Å². The summed E-state index contributed by atoms with van der Waals surface area (Å²) in [6, 6.07) is 1.11. The Labute approximate surface area is 111 Å². The Morgan fingerprint density at radius 1 is 1.65 bits per heavy atom. The van der Waals surface area contributed by atoms with Crippen molar-refractivity contribution in [3.05, 3.63) is 43.5 Å². The lowest BCUT2D eigenvalue weighted by Crippen LogP contribution is -2.46. The number of hydrogen-bond donors (Lipinski definition) is 3. The van der Waals surface area contributed by atoms with E-state index in [1.807, 2.05) is 0 Å². The third kappa shape index (κ3) is 2.45. The molecular formula is C10H13N5O5. The summed E-state index contributed by atoms with van der Waals surface area (Å²) in [7, 11) is 0. The second-order valence-electron chi connectivity index (χ2n) is 4.43. The van der Waals surface area contributed by atoms with E-state index in [2.05, 4.69) is 15.0 Å². The van der Waals surface area contributed by atoms with Gasteiger partial charge >= 0.3 is 5.69 Å². The molecule has 1 aliphatic heterocycles. The highest BCUT2D eigenvalue weighted by Gasteiger charge is 2.47. The molecular weight excluding hydrogens is 270 g/mol.